The van der Waals surface area contributed by atoms with Crippen molar-refractivity contribution < 1.29 is 14.3 Å². The van der Waals surface area contributed by atoms with E-state index in [2.05, 4.69) is 12.2 Å². The molecule has 2 amide bonds. The van der Waals surface area contributed by atoms with Gasteiger partial charge in [-0.2, -0.15) is 0 Å². The van der Waals surface area contributed by atoms with Gasteiger partial charge in [-0.25, -0.2) is 0 Å². The summed E-state index contributed by atoms with van der Waals surface area (Å²) in [4.78, 5) is 27.9. The number of hydrogen-bond donors (Lipinski definition) is 1. The molecule has 3 rings (SSSR count). The molecule has 0 saturated carbocycles. The number of para-hydroxylation sites is 1. The number of piperidine rings is 1. The Labute approximate surface area is 191 Å². The number of carbonyl (C=O) groups excluding carboxylic acids is 2. The second-order valence-corrected chi connectivity index (χ2v) is 8.23. The Balaban J connectivity index is 1.72. The SMILES string of the molecule is CCCCCNC(=O)C1CCN(C(=O)/C(=C/c2ccccc2OC)c2ccccc2)CC1. The number of carbonyl (C=O) groups is 2. The highest BCUT2D eigenvalue weighted by atomic mass is 16.5. The number of ether oxygens (including phenoxy) is 1. The second kappa shape index (κ2) is 12.1. The van der Waals surface area contributed by atoms with Gasteiger partial charge in [0.25, 0.3) is 5.91 Å². The van der Waals surface area contributed by atoms with Crippen LogP contribution in [0.3, 0.4) is 0 Å². The molecule has 0 aromatic heterocycles. The van der Waals surface area contributed by atoms with Crippen molar-refractivity contribution in [3.05, 3.63) is 65.7 Å². The Hall–Kier alpha value is -3.08. The minimum atomic E-state index is -0.0148. The standard InChI is InChI=1S/C27H34N2O3/c1-3-4-10-17-28-26(30)22-15-18-29(19-16-22)27(31)24(21-11-6-5-7-12-21)20-23-13-8-9-14-25(23)32-2/h5-9,11-14,20,22H,3-4,10,15-19H2,1-2H3,(H,28,30)/b24-20+. The third-order valence-electron chi connectivity index (χ3n) is 5.99. The highest BCUT2D eigenvalue weighted by molar-refractivity contribution is 6.24. The molecule has 0 spiro atoms. The molecular formula is C27H34N2O3. The number of likely N-dealkylation sites (tertiary alicyclic amines) is 1. The van der Waals surface area contributed by atoms with E-state index in [0.717, 1.165) is 42.7 Å². The molecule has 5 nitrogen and oxygen atoms in total. The van der Waals surface area contributed by atoms with Gasteiger partial charge in [0.15, 0.2) is 0 Å². The number of unbranched alkanes of at least 4 members (excludes halogenated alkanes) is 2. The highest BCUT2D eigenvalue weighted by Crippen LogP contribution is 2.28. The van der Waals surface area contributed by atoms with E-state index in [9.17, 15) is 9.59 Å². The van der Waals surface area contributed by atoms with Gasteiger partial charge in [0.05, 0.1) is 7.11 Å². The fraction of sp³-hybridized carbons (Fsp3) is 0.407. The largest absolute Gasteiger partial charge is 0.496 e. The van der Waals surface area contributed by atoms with E-state index in [-0.39, 0.29) is 17.7 Å². The number of hydrogen-bond acceptors (Lipinski definition) is 3. The summed E-state index contributed by atoms with van der Waals surface area (Å²) in [5, 5.41) is 3.06. The molecule has 1 heterocycles. The maximum Gasteiger partial charge on any atom is 0.254 e. The Bertz CT molecular complexity index is 916. The molecule has 2 aromatic rings. The molecule has 1 fully saturated rings. The summed E-state index contributed by atoms with van der Waals surface area (Å²) in [5.41, 5.74) is 2.38. The summed E-state index contributed by atoms with van der Waals surface area (Å²) >= 11 is 0. The first-order valence-electron chi connectivity index (χ1n) is 11.6. The van der Waals surface area contributed by atoms with E-state index < -0.39 is 0 Å². The van der Waals surface area contributed by atoms with Crippen molar-refractivity contribution in [2.24, 2.45) is 5.92 Å². The summed E-state index contributed by atoms with van der Waals surface area (Å²) in [6, 6.07) is 17.4. The molecule has 0 radical (unpaired) electrons. The average Bonchev–Trinajstić information content (AvgIpc) is 2.85. The van der Waals surface area contributed by atoms with Gasteiger partial charge in [-0.05, 0) is 37.0 Å². The van der Waals surface area contributed by atoms with Crippen LogP contribution in [0.4, 0.5) is 0 Å². The molecule has 170 valence electrons. The smallest absolute Gasteiger partial charge is 0.254 e. The summed E-state index contributed by atoms with van der Waals surface area (Å²) < 4.78 is 5.48. The van der Waals surface area contributed by atoms with Crippen LogP contribution in [0.15, 0.2) is 54.6 Å². The van der Waals surface area contributed by atoms with Gasteiger partial charge in [-0.1, -0.05) is 68.3 Å². The fourth-order valence-electron chi connectivity index (χ4n) is 4.07. The first-order chi connectivity index (χ1) is 15.6. The molecule has 0 aliphatic carbocycles. The van der Waals surface area contributed by atoms with E-state index in [0.29, 0.717) is 31.5 Å². The van der Waals surface area contributed by atoms with Crippen LogP contribution < -0.4 is 10.1 Å². The van der Waals surface area contributed by atoms with Crippen molar-refractivity contribution in [3.8, 4) is 5.75 Å². The van der Waals surface area contributed by atoms with Crippen LogP contribution in [-0.4, -0.2) is 43.5 Å². The Kier molecular flexibility index (Phi) is 8.90. The topological polar surface area (TPSA) is 58.6 Å². The monoisotopic (exact) mass is 434 g/mol. The summed E-state index contributed by atoms with van der Waals surface area (Å²) in [7, 11) is 1.63. The molecule has 32 heavy (non-hydrogen) atoms. The zero-order valence-corrected chi connectivity index (χ0v) is 19.2. The van der Waals surface area contributed by atoms with Crippen molar-refractivity contribution in [2.75, 3.05) is 26.7 Å². The molecular weight excluding hydrogens is 400 g/mol. The van der Waals surface area contributed by atoms with Crippen LogP contribution in [0, 0.1) is 5.92 Å². The summed E-state index contributed by atoms with van der Waals surface area (Å²) in [6.45, 7) is 4.07. The van der Waals surface area contributed by atoms with Crippen LogP contribution in [0.25, 0.3) is 11.6 Å². The quantitative estimate of drug-likeness (QED) is 0.351. The van der Waals surface area contributed by atoms with Gasteiger partial charge in [-0.15, -0.1) is 0 Å². The van der Waals surface area contributed by atoms with Crippen LogP contribution in [-0.2, 0) is 9.59 Å². The van der Waals surface area contributed by atoms with Crippen LogP contribution >= 0.6 is 0 Å². The number of nitrogens with one attached hydrogen (secondary N) is 1. The van der Waals surface area contributed by atoms with Gasteiger partial charge in [0.2, 0.25) is 5.91 Å². The van der Waals surface area contributed by atoms with E-state index >= 15 is 0 Å². The lowest BCUT2D eigenvalue weighted by Gasteiger charge is -2.32. The Morgan fingerprint density at radius 3 is 2.41 bits per heavy atom. The molecule has 1 N–H and O–H groups in total. The summed E-state index contributed by atoms with van der Waals surface area (Å²) in [6.07, 6.45) is 6.59. The normalized spacial score (nSPS) is 14.8. The van der Waals surface area contributed by atoms with Crippen LogP contribution in [0.5, 0.6) is 5.75 Å². The van der Waals surface area contributed by atoms with Gasteiger partial charge in [-0.3, -0.25) is 9.59 Å². The van der Waals surface area contributed by atoms with E-state index in [1.807, 2.05) is 65.6 Å². The lowest BCUT2D eigenvalue weighted by molar-refractivity contribution is -0.131. The zero-order valence-electron chi connectivity index (χ0n) is 19.2. The van der Waals surface area contributed by atoms with Gasteiger partial charge in [0, 0.05) is 36.7 Å². The molecule has 0 unspecified atom stereocenters. The first-order valence-corrected chi connectivity index (χ1v) is 11.6. The minimum Gasteiger partial charge on any atom is -0.496 e. The lowest BCUT2D eigenvalue weighted by Crippen LogP contribution is -2.43. The van der Waals surface area contributed by atoms with E-state index in [1.54, 1.807) is 7.11 Å². The third kappa shape index (κ3) is 6.22. The minimum absolute atomic E-state index is 0.0103. The molecule has 0 atom stereocenters. The molecule has 1 saturated heterocycles. The predicted molar refractivity (Wildman–Crippen MR) is 129 cm³/mol. The molecule has 0 bridgehead atoms. The zero-order chi connectivity index (χ0) is 22.8. The van der Waals surface area contributed by atoms with E-state index in [4.69, 9.17) is 4.74 Å². The van der Waals surface area contributed by atoms with E-state index in [1.165, 1.54) is 0 Å². The Morgan fingerprint density at radius 1 is 1.03 bits per heavy atom. The van der Waals surface area contributed by atoms with Crippen LogP contribution in [0.2, 0.25) is 0 Å². The number of nitrogens with zero attached hydrogens (tertiary/aromatic N) is 1. The van der Waals surface area contributed by atoms with Gasteiger partial charge in [0.1, 0.15) is 5.75 Å². The van der Waals surface area contributed by atoms with Crippen molar-refractivity contribution in [1.82, 2.24) is 10.2 Å². The molecule has 1 aliphatic heterocycles. The van der Waals surface area contributed by atoms with Gasteiger partial charge < -0.3 is 15.0 Å². The predicted octanol–water partition coefficient (Wildman–Crippen LogP) is 4.78. The third-order valence-corrected chi connectivity index (χ3v) is 5.99. The lowest BCUT2D eigenvalue weighted by atomic mass is 9.94. The van der Waals surface area contributed by atoms with Crippen molar-refractivity contribution >= 4 is 23.5 Å². The van der Waals surface area contributed by atoms with Gasteiger partial charge >= 0.3 is 0 Å². The maximum atomic E-state index is 13.5. The summed E-state index contributed by atoms with van der Waals surface area (Å²) in [5.74, 6) is 0.830. The average molecular weight is 435 g/mol. The molecule has 2 aromatic carbocycles. The Morgan fingerprint density at radius 2 is 1.72 bits per heavy atom. The first kappa shape index (κ1) is 23.6. The molecule has 1 aliphatic rings. The van der Waals surface area contributed by atoms with Crippen molar-refractivity contribution in [3.63, 3.8) is 0 Å². The number of methoxy groups -OCH3 is 1. The number of amides is 2. The fourth-order valence-corrected chi connectivity index (χ4v) is 4.07. The number of rotatable bonds is 9. The van der Waals surface area contributed by atoms with Crippen molar-refractivity contribution in [2.45, 2.75) is 39.0 Å². The van der Waals surface area contributed by atoms with Crippen LogP contribution in [0.1, 0.15) is 50.2 Å². The highest BCUT2D eigenvalue weighted by Gasteiger charge is 2.29. The van der Waals surface area contributed by atoms with Crippen molar-refractivity contribution in [1.29, 1.82) is 0 Å². The second-order valence-electron chi connectivity index (χ2n) is 8.23. The number of benzene rings is 2. The molecule has 5 heteroatoms. The maximum absolute atomic E-state index is 13.5.